The van der Waals surface area contributed by atoms with Crippen molar-refractivity contribution in [2.45, 2.75) is 31.7 Å². The number of aryl methyl sites for hydroxylation is 1. The van der Waals surface area contributed by atoms with Crippen LogP contribution in [0.2, 0.25) is 0 Å². The number of amides is 1. The topological polar surface area (TPSA) is 80.2 Å². The van der Waals surface area contributed by atoms with Gasteiger partial charge in [-0.3, -0.25) is 14.8 Å². The smallest absolute Gasteiger partial charge is 0.223 e. The fraction of sp³-hybridized carbons (Fsp3) is 0.304. The number of carbonyl (C=O) groups is 1. The molecule has 7 nitrogen and oxygen atoms in total. The maximum absolute atomic E-state index is 12.9. The van der Waals surface area contributed by atoms with Gasteiger partial charge in [-0.1, -0.05) is 18.2 Å². The van der Waals surface area contributed by atoms with Crippen molar-refractivity contribution in [1.29, 1.82) is 0 Å². The van der Waals surface area contributed by atoms with Gasteiger partial charge in [0.25, 0.3) is 0 Å². The molecule has 0 radical (unpaired) electrons. The third-order valence-corrected chi connectivity index (χ3v) is 5.34. The third-order valence-electron chi connectivity index (χ3n) is 5.34. The van der Waals surface area contributed by atoms with Crippen LogP contribution in [0.15, 0.2) is 61.2 Å². The molecule has 1 unspecified atom stereocenters. The maximum atomic E-state index is 12.9. The average Bonchev–Trinajstić information content (AvgIpc) is 3.29. The van der Waals surface area contributed by atoms with E-state index in [4.69, 9.17) is 4.74 Å². The summed E-state index contributed by atoms with van der Waals surface area (Å²) < 4.78 is 5.40. The summed E-state index contributed by atoms with van der Waals surface area (Å²) in [6, 6.07) is 11.8. The van der Waals surface area contributed by atoms with E-state index in [9.17, 15) is 4.79 Å². The highest BCUT2D eigenvalue weighted by molar-refractivity contribution is 5.77. The molecule has 3 heterocycles. The van der Waals surface area contributed by atoms with Gasteiger partial charge in [-0.2, -0.15) is 0 Å². The molecule has 0 saturated carbocycles. The molecule has 1 N–H and O–H groups in total. The zero-order valence-electron chi connectivity index (χ0n) is 17.0. The van der Waals surface area contributed by atoms with Gasteiger partial charge in [0.15, 0.2) is 0 Å². The first-order chi connectivity index (χ1) is 14.7. The van der Waals surface area contributed by atoms with Crippen LogP contribution < -0.4 is 10.1 Å². The number of rotatable bonds is 7. The number of hydrogen-bond donors (Lipinski definition) is 1. The SMILES string of the molecule is COc1ccccc1CCC(=O)N1CCCC1c1ccc(Nc2cnccn2)cn1. The Morgan fingerprint density at radius 1 is 1.17 bits per heavy atom. The highest BCUT2D eigenvalue weighted by Gasteiger charge is 2.30. The van der Waals surface area contributed by atoms with E-state index in [1.54, 1.807) is 31.9 Å². The molecule has 154 valence electrons. The van der Waals surface area contributed by atoms with Gasteiger partial charge in [0.2, 0.25) is 5.91 Å². The van der Waals surface area contributed by atoms with Crippen LogP contribution in [0.5, 0.6) is 5.75 Å². The first-order valence-electron chi connectivity index (χ1n) is 10.1. The zero-order chi connectivity index (χ0) is 20.8. The number of nitrogens with one attached hydrogen (secondary N) is 1. The zero-order valence-corrected chi connectivity index (χ0v) is 17.0. The lowest BCUT2D eigenvalue weighted by atomic mass is 10.1. The second kappa shape index (κ2) is 9.35. The van der Waals surface area contributed by atoms with Gasteiger partial charge in [-0.15, -0.1) is 0 Å². The lowest BCUT2D eigenvalue weighted by molar-refractivity contribution is -0.132. The molecule has 3 aromatic rings. The van der Waals surface area contributed by atoms with Crippen molar-refractivity contribution in [1.82, 2.24) is 19.9 Å². The predicted octanol–water partition coefficient (Wildman–Crippen LogP) is 3.92. The summed E-state index contributed by atoms with van der Waals surface area (Å²) in [5.41, 5.74) is 2.82. The lowest BCUT2D eigenvalue weighted by Crippen LogP contribution is -2.31. The monoisotopic (exact) mass is 403 g/mol. The van der Waals surface area contributed by atoms with Crippen molar-refractivity contribution in [3.63, 3.8) is 0 Å². The molecule has 2 aromatic heterocycles. The van der Waals surface area contributed by atoms with E-state index >= 15 is 0 Å². The van der Waals surface area contributed by atoms with Crippen molar-refractivity contribution in [3.05, 3.63) is 72.4 Å². The van der Waals surface area contributed by atoms with E-state index in [0.29, 0.717) is 18.7 Å². The molecule has 1 aromatic carbocycles. The summed E-state index contributed by atoms with van der Waals surface area (Å²) in [4.78, 5) is 27.8. The highest BCUT2D eigenvalue weighted by atomic mass is 16.5. The second-order valence-corrected chi connectivity index (χ2v) is 7.24. The quantitative estimate of drug-likeness (QED) is 0.644. The van der Waals surface area contributed by atoms with Crippen LogP contribution in [0.3, 0.4) is 0 Å². The van der Waals surface area contributed by atoms with E-state index in [0.717, 1.165) is 42.1 Å². The molecule has 1 atom stereocenters. The Hall–Kier alpha value is -3.48. The fourth-order valence-electron chi connectivity index (χ4n) is 3.86. The third kappa shape index (κ3) is 4.56. The summed E-state index contributed by atoms with van der Waals surface area (Å²) in [7, 11) is 1.66. The highest BCUT2D eigenvalue weighted by Crippen LogP contribution is 2.32. The lowest BCUT2D eigenvalue weighted by Gasteiger charge is -2.24. The number of anilines is 2. The van der Waals surface area contributed by atoms with Crippen molar-refractivity contribution in [3.8, 4) is 5.75 Å². The van der Waals surface area contributed by atoms with Crippen molar-refractivity contribution >= 4 is 17.4 Å². The number of benzene rings is 1. The standard InChI is InChI=1S/C23H25N5O2/c1-30-21-7-3-2-5-17(21)8-11-23(29)28-14-4-6-20(28)19-10-9-18(15-26-19)27-22-16-24-12-13-25-22/h2-3,5,7,9-10,12-13,15-16,20H,4,6,8,11,14H2,1H3,(H,25,27). The molecule has 0 spiro atoms. The van der Waals surface area contributed by atoms with Crippen LogP contribution in [0.4, 0.5) is 11.5 Å². The Bertz CT molecular complexity index is 978. The van der Waals surface area contributed by atoms with Gasteiger partial charge in [-0.25, -0.2) is 4.98 Å². The molecule has 1 amide bonds. The summed E-state index contributed by atoms with van der Waals surface area (Å²) in [6.07, 6.45) is 9.76. The largest absolute Gasteiger partial charge is 0.496 e. The van der Waals surface area contributed by atoms with Crippen molar-refractivity contribution in [2.24, 2.45) is 0 Å². The van der Waals surface area contributed by atoms with E-state index in [2.05, 4.69) is 20.3 Å². The van der Waals surface area contributed by atoms with Crippen LogP contribution in [-0.2, 0) is 11.2 Å². The Morgan fingerprint density at radius 3 is 2.83 bits per heavy atom. The van der Waals surface area contributed by atoms with Gasteiger partial charge in [0.1, 0.15) is 11.6 Å². The van der Waals surface area contributed by atoms with E-state index in [1.165, 1.54) is 0 Å². The minimum Gasteiger partial charge on any atom is -0.496 e. The van der Waals surface area contributed by atoms with Gasteiger partial charge < -0.3 is 15.0 Å². The number of nitrogens with zero attached hydrogens (tertiary/aromatic N) is 4. The van der Waals surface area contributed by atoms with Crippen LogP contribution in [-0.4, -0.2) is 39.4 Å². The van der Waals surface area contributed by atoms with Crippen LogP contribution in [0.1, 0.15) is 36.6 Å². The first kappa shape index (κ1) is 19.8. The first-order valence-corrected chi connectivity index (χ1v) is 10.1. The Kier molecular flexibility index (Phi) is 6.17. The van der Waals surface area contributed by atoms with Gasteiger partial charge in [-0.05, 0) is 43.0 Å². The number of ether oxygens (including phenoxy) is 1. The van der Waals surface area contributed by atoms with Crippen molar-refractivity contribution in [2.75, 3.05) is 19.0 Å². The van der Waals surface area contributed by atoms with E-state index < -0.39 is 0 Å². The van der Waals surface area contributed by atoms with Crippen LogP contribution in [0.25, 0.3) is 0 Å². The van der Waals surface area contributed by atoms with Crippen LogP contribution in [0, 0.1) is 0 Å². The maximum Gasteiger partial charge on any atom is 0.223 e. The summed E-state index contributed by atoms with van der Waals surface area (Å²) in [6.45, 7) is 0.775. The predicted molar refractivity (Wildman–Crippen MR) is 115 cm³/mol. The van der Waals surface area contributed by atoms with Gasteiger partial charge in [0, 0.05) is 25.4 Å². The number of hydrogen-bond acceptors (Lipinski definition) is 6. The fourth-order valence-corrected chi connectivity index (χ4v) is 3.86. The molecule has 1 saturated heterocycles. The summed E-state index contributed by atoms with van der Waals surface area (Å²) in [5.74, 6) is 1.66. The van der Waals surface area contributed by atoms with Crippen molar-refractivity contribution < 1.29 is 9.53 Å². The summed E-state index contributed by atoms with van der Waals surface area (Å²) >= 11 is 0. The number of para-hydroxylation sites is 1. The molecule has 1 aliphatic heterocycles. The molecule has 1 aliphatic rings. The minimum atomic E-state index is 0.0285. The molecule has 1 fully saturated rings. The molecule has 0 aliphatic carbocycles. The Labute approximate surface area is 176 Å². The Balaban J connectivity index is 1.39. The molecule has 4 rings (SSSR count). The van der Waals surface area contributed by atoms with Gasteiger partial charge >= 0.3 is 0 Å². The Morgan fingerprint density at radius 2 is 2.07 bits per heavy atom. The summed E-state index contributed by atoms with van der Waals surface area (Å²) in [5, 5.41) is 3.18. The van der Waals surface area contributed by atoms with Crippen LogP contribution >= 0.6 is 0 Å². The number of aromatic nitrogens is 3. The molecule has 0 bridgehead atoms. The number of pyridine rings is 1. The van der Waals surface area contributed by atoms with E-state index in [-0.39, 0.29) is 11.9 Å². The van der Waals surface area contributed by atoms with E-state index in [1.807, 2.05) is 41.3 Å². The molecule has 30 heavy (non-hydrogen) atoms. The number of methoxy groups -OCH3 is 1. The number of carbonyl (C=O) groups excluding carboxylic acids is 1. The van der Waals surface area contributed by atoms with Gasteiger partial charge in [0.05, 0.1) is 36.9 Å². The normalized spacial score (nSPS) is 15.8. The molecular weight excluding hydrogens is 378 g/mol. The molecule has 7 heteroatoms. The average molecular weight is 403 g/mol. The number of likely N-dealkylation sites (tertiary alicyclic amines) is 1. The second-order valence-electron chi connectivity index (χ2n) is 7.24. The molecular formula is C23H25N5O2. The minimum absolute atomic E-state index is 0.0285.